The molecule has 0 aliphatic rings. The van der Waals surface area contributed by atoms with Gasteiger partial charge in [0.15, 0.2) is 10.3 Å². The van der Waals surface area contributed by atoms with Gasteiger partial charge < -0.3 is 5.32 Å². The van der Waals surface area contributed by atoms with Crippen LogP contribution in [-0.4, -0.2) is 15.0 Å². The third-order valence-corrected chi connectivity index (χ3v) is 6.65. The van der Waals surface area contributed by atoms with Crippen molar-refractivity contribution in [2.24, 2.45) is 0 Å². The van der Waals surface area contributed by atoms with Gasteiger partial charge in [-0.25, -0.2) is 19.3 Å². The van der Waals surface area contributed by atoms with Crippen molar-refractivity contribution in [1.29, 1.82) is 0 Å². The highest BCUT2D eigenvalue weighted by Crippen LogP contribution is 2.37. The Hall–Kier alpha value is -2.16. The Morgan fingerprint density at radius 3 is 2.38 bits per heavy atom. The molecule has 3 heterocycles. The number of nitrogens with one attached hydrogen (secondary N) is 1. The maximum absolute atomic E-state index is 13.3. The standard InChI is InChI=1S/C16H9FN4S3/c1-7-18-10-4-5-11-14(13(10)22-7)24-16(20-11)21-15-19-9-3-2-8(17)6-12(9)23-15/h2-6H,1H3,(H,19,20,21). The largest absolute Gasteiger partial charge is 0.307 e. The number of benzene rings is 2. The molecule has 5 rings (SSSR count). The van der Waals surface area contributed by atoms with E-state index in [0.717, 1.165) is 36.1 Å². The molecule has 8 heteroatoms. The first kappa shape index (κ1) is 14.2. The lowest BCUT2D eigenvalue weighted by atomic mass is 10.3. The second-order valence-corrected chi connectivity index (χ2v) is 8.50. The van der Waals surface area contributed by atoms with Gasteiger partial charge in [0.05, 0.1) is 35.7 Å². The van der Waals surface area contributed by atoms with E-state index in [1.54, 1.807) is 28.7 Å². The number of hydrogen-bond acceptors (Lipinski definition) is 7. The van der Waals surface area contributed by atoms with Gasteiger partial charge in [-0.3, -0.25) is 0 Å². The maximum atomic E-state index is 13.3. The first-order chi connectivity index (χ1) is 11.7. The smallest absolute Gasteiger partial charge is 0.190 e. The highest BCUT2D eigenvalue weighted by molar-refractivity contribution is 7.29. The van der Waals surface area contributed by atoms with Crippen LogP contribution in [0.4, 0.5) is 14.7 Å². The predicted octanol–water partition coefficient (Wildman–Crippen LogP) is 5.71. The third kappa shape index (κ3) is 2.26. The van der Waals surface area contributed by atoms with E-state index in [1.165, 1.54) is 28.2 Å². The Kier molecular flexibility index (Phi) is 3.06. The Morgan fingerprint density at radius 1 is 0.833 bits per heavy atom. The number of fused-ring (bicyclic) bond motifs is 4. The molecule has 0 amide bonds. The Labute approximate surface area is 147 Å². The summed E-state index contributed by atoms with van der Waals surface area (Å²) < 4.78 is 16.4. The first-order valence-corrected chi connectivity index (χ1v) is 9.60. The predicted molar refractivity (Wildman–Crippen MR) is 100 cm³/mol. The van der Waals surface area contributed by atoms with Crippen molar-refractivity contribution < 1.29 is 4.39 Å². The zero-order valence-corrected chi connectivity index (χ0v) is 14.8. The van der Waals surface area contributed by atoms with Crippen LogP contribution in [0.15, 0.2) is 30.3 Å². The van der Waals surface area contributed by atoms with Crippen molar-refractivity contribution >= 4 is 74.9 Å². The molecule has 0 aliphatic heterocycles. The molecule has 24 heavy (non-hydrogen) atoms. The molecule has 5 aromatic rings. The Morgan fingerprint density at radius 2 is 1.50 bits per heavy atom. The monoisotopic (exact) mass is 372 g/mol. The first-order valence-electron chi connectivity index (χ1n) is 7.15. The minimum absolute atomic E-state index is 0.249. The number of aromatic nitrogens is 3. The van der Waals surface area contributed by atoms with E-state index >= 15 is 0 Å². The SMILES string of the molecule is Cc1nc2ccc3nc(Nc4nc5ccc(F)cc5s4)sc3c2s1. The number of thiazole rings is 3. The molecule has 2 aromatic carbocycles. The summed E-state index contributed by atoms with van der Waals surface area (Å²) in [6.07, 6.45) is 0. The van der Waals surface area contributed by atoms with Gasteiger partial charge in [-0.15, -0.1) is 11.3 Å². The minimum Gasteiger partial charge on any atom is -0.307 e. The van der Waals surface area contributed by atoms with Gasteiger partial charge in [0.1, 0.15) is 5.82 Å². The van der Waals surface area contributed by atoms with Gasteiger partial charge in [0.2, 0.25) is 0 Å². The summed E-state index contributed by atoms with van der Waals surface area (Å²) in [5, 5.41) is 5.79. The van der Waals surface area contributed by atoms with E-state index in [4.69, 9.17) is 0 Å². The molecule has 118 valence electrons. The minimum atomic E-state index is -0.249. The number of anilines is 2. The normalized spacial score (nSPS) is 11.8. The van der Waals surface area contributed by atoms with Crippen molar-refractivity contribution in [3.63, 3.8) is 0 Å². The molecule has 1 N–H and O–H groups in total. The van der Waals surface area contributed by atoms with E-state index in [1.807, 2.05) is 19.1 Å². The van der Waals surface area contributed by atoms with Crippen LogP contribution < -0.4 is 5.32 Å². The fourth-order valence-electron chi connectivity index (χ4n) is 2.58. The van der Waals surface area contributed by atoms with Crippen molar-refractivity contribution in [3.05, 3.63) is 41.2 Å². The molecule has 0 aliphatic carbocycles. The lowest BCUT2D eigenvalue weighted by Crippen LogP contribution is -1.87. The molecular formula is C16H9FN4S3. The van der Waals surface area contributed by atoms with Crippen LogP contribution >= 0.6 is 34.0 Å². The molecule has 4 nitrogen and oxygen atoms in total. The summed E-state index contributed by atoms with van der Waals surface area (Å²) in [5.74, 6) is -0.249. The maximum Gasteiger partial charge on any atom is 0.190 e. The summed E-state index contributed by atoms with van der Waals surface area (Å²) in [7, 11) is 0. The molecular weight excluding hydrogens is 363 g/mol. The van der Waals surface area contributed by atoms with Gasteiger partial charge in [-0.1, -0.05) is 22.7 Å². The van der Waals surface area contributed by atoms with Crippen LogP contribution in [0.25, 0.3) is 30.6 Å². The van der Waals surface area contributed by atoms with Crippen LogP contribution in [0, 0.1) is 12.7 Å². The zero-order valence-electron chi connectivity index (χ0n) is 12.3. The topological polar surface area (TPSA) is 50.7 Å². The van der Waals surface area contributed by atoms with Gasteiger partial charge in [0, 0.05) is 0 Å². The summed E-state index contributed by atoms with van der Waals surface area (Å²) in [6.45, 7) is 2.01. The number of rotatable bonds is 2. The third-order valence-electron chi connectivity index (χ3n) is 3.58. The molecule has 0 unspecified atom stereocenters. The average molecular weight is 372 g/mol. The Balaban J connectivity index is 1.59. The Bertz CT molecular complexity index is 1220. The summed E-state index contributed by atoms with van der Waals surface area (Å²) >= 11 is 4.69. The highest BCUT2D eigenvalue weighted by Gasteiger charge is 2.12. The van der Waals surface area contributed by atoms with Crippen LogP contribution in [0.3, 0.4) is 0 Å². The highest BCUT2D eigenvalue weighted by atomic mass is 32.1. The molecule has 0 atom stereocenters. The van der Waals surface area contributed by atoms with Crippen LogP contribution in [0.1, 0.15) is 5.01 Å². The average Bonchev–Trinajstić information content (AvgIpc) is 3.21. The van der Waals surface area contributed by atoms with E-state index < -0.39 is 0 Å². The van der Waals surface area contributed by atoms with E-state index in [9.17, 15) is 4.39 Å². The molecule has 0 fully saturated rings. The van der Waals surface area contributed by atoms with Crippen molar-refractivity contribution in [1.82, 2.24) is 15.0 Å². The second-order valence-electron chi connectivity index (χ2n) is 5.27. The summed E-state index contributed by atoms with van der Waals surface area (Å²) in [6, 6.07) is 8.61. The van der Waals surface area contributed by atoms with Crippen molar-refractivity contribution in [2.75, 3.05) is 5.32 Å². The summed E-state index contributed by atoms with van der Waals surface area (Å²) in [5.41, 5.74) is 2.74. The quantitative estimate of drug-likeness (QED) is 0.431. The van der Waals surface area contributed by atoms with Gasteiger partial charge in [0.25, 0.3) is 0 Å². The lowest BCUT2D eigenvalue weighted by Gasteiger charge is -1.93. The number of nitrogens with zero attached hydrogens (tertiary/aromatic N) is 3. The van der Waals surface area contributed by atoms with Crippen LogP contribution in [-0.2, 0) is 0 Å². The second kappa shape index (κ2) is 5.17. The molecule has 0 radical (unpaired) electrons. The van der Waals surface area contributed by atoms with E-state index in [0.29, 0.717) is 5.13 Å². The lowest BCUT2D eigenvalue weighted by molar-refractivity contribution is 0.630. The van der Waals surface area contributed by atoms with Gasteiger partial charge in [-0.05, 0) is 37.3 Å². The molecule has 0 spiro atoms. The number of aryl methyl sites for hydroxylation is 1. The van der Waals surface area contributed by atoms with Gasteiger partial charge in [-0.2, -0.15) is 0 Å². The molecule has 0 saturated heterocycles. The van der Waals surface area contributed by atoms with Crippen LogP contribution in [0.5, 0.6) is 0 Å². The van der Waals surface area contributed by atoms with E-state index in [2.05, 4.69) is 20.3 Å². The fourth-order valence-corrected chi connectivity index (χ4v) is 5.54. The van der Waals surface area contributed by atoms with Crippen LogP contribution in [0.2, 0.25) is 0 Å². The van der Waals surface area contributed by atoms with Crippen molar-refractivity contribution in [3.8, 4) is 0 Å². The number of halogens is 1. The van der Waals surface area contributed by atoms with Gasteiger partial charge >= 0.3 is 0 Å². The summed E-state index contributed by atoms with van der Waals surface area (Å²) in [4.78, 5) is 13.6. The fraction of sp³-hybridized carbons (Fsp3) is 0.0625. The molecule has 0 bridgehead atoms. The molecule has 3 aromatic heterocycles. The molecule has 0 saturated carbocycles. The zero-order chi connectivity index (χ0) is 16.3. The number of hydrogen-bond donors (Lipinski definition) is 1. The van der Waals surface area contributed by atoms with Crippen molar-refractivity contribution in [2.45, 2.75) is 6.92 Å². The van der Waals surface area contributed by atoms with E-state index in [-0.39, 0.29) is 5.82 Å².